The highest BCUT2D eigenvalue weighted by molar-refractivity contribution is 6.31. The van der Waals surface area contributed by atoms with Gasteiger partial charge in [0.2, 0.25) is 0 Å². The maximum atomic E-state index is 13.6. The number of halogens is 2. The van der Waals surface area contributed by atoms with Crippen molar-refractivity contribution in [2.24, 2.45) is 5.92 Å². The summed E-state index contributed by atoms with van der Waals surface area (Å²) in [5, 5.41) is 13.7. The second-order valence-electron chi connectivity index (χ2n) is 9.97. The monoisotopic (exact) mass is 556 g/mol. The van der Waals surface area contributed by atoms with E-state index >= 15 is 0 Å². The summed E-state index contributed by atoms with van der Waals surface area (Å²) in [5.74, 6) is 1.94. The van der Waals surface area contributed by atoms with Crippen LogP contribution < -0.4 is 5.56 Å². The second-order valence-corrected chi connectivity index (χ2v) is 10.8. The number of imidazole rings is 1. The zero-order valence-electron chi connectivity index (χ0n) is 20.3. The summed E-state index contributed by atoms with van der Waals surface area (Å²) in [6.45, 7) is 1.91. The summed E-state index contributed by atoms with van der Waals surface area (Å²) in [6, 6.07) is 12.6. The van der Waals surface area contributed by atoms with Gasteiger partial charge in [-0.05, 0) is 49.6 Å². The van der Waals surface area contributed by atoms with Crippen molar-refractivity contribution in [1.29, 1.82) is 0 Å². The number of nitrogens with one attached hydrogen (secondary N) is 1. The van der Waals surface area contributed by atoms with Crippen LogP contribution in [0.3, 0.4) is 0 Å². The number of hydrogen-bond acceptors (Lipinski definition) is 7. The SMILES string of the molecule is Cc1noc2cc(-c3cnc(C4C5CC5c5nc(-c6cc(Cl)ccc6-n6cc(Cl)nn6)cc(=O)n54)[nH]3)ccc12. The Morgan fingerprint density at radius 1 is 1.13 bits per heavy atom. The van der Waals surface area contributed by atoms with Gasteiger partial charge in [-0.3, -0.25) is 9.36 Å². The van der Waals surface area contributed by atoms with Gasteiger partial charge < -0.3 is 9.51 Å². The number of fused-ring (bicyclic) bond motifs is 4. The van der Waals surface area contributed by atoms with Crippen LogP contribution in [0.4, 0.5) is 0 Å². The standard InChI is InChI=1S/C27H18Cl2N8O2/c1-12-15-4-2-13(6-22(15)39-34-12)20-10-30-26(31-20)25-16-8-17(16)27-32-19(9-24(38)37(25)27)18-7-14(28)3-5-21(18)36-11-23(29)33-35-36/h2-7,9-11,16-17,25H,8H2,1H3,(H,30,31). The van der Waals surface area contributed by atoms with Crippen LogP contribution in [0.1, 0.15) is 35.7 Å². The summed E-state index contributed by atoms with van der Waals surface area (Å²) in [4.78, 5) is 26.7. The maximum absolute atomic E-state index is 13.6. The molecule has 0 saturated heterocycles. The fourth-order valence-corrected chi connectivity index (χ4v) is 6.00. The minimum atomic E-state index is -0.211. The molecule has 3 atom stereocenters. The average molecular weight is 557 g/mol. The molecule has 2 aliphatic rings. The molecule has 2 aromatic carbocycles. The summed E-state index contributed by atoms with van der Waals surface area (Å²) >= 11 is 12.3. The molecule has 8 rings (SSSR count). The molecule has 192 valence electrons. The fourth-order valence-electron chi connectivity index (χ4n) is 5.70. The van der Waals surface area contributed by atoms with Gasteiger partial charge in [0.15, 0.2) is 10.7 Å². The van der Waals surface area contributed by atoms with Crippen LogP contribution in [-0.4, -0.2) is 39.7 Å². The molecular formula is C27H18Cl2N8O2. The first kappa shape index (κ1) is 22.7. The Kier molecular flexibility index (Phi) is 4.72. The smallest absolute Gasteiger partial charge is 0.254 e. The van der Waals surface area contributed by atoms with Crippen molar-refractivity contribution in [1.82, 2.24) is 39.7 Å². The van der Waals surface area contributed by atoms with E-state index < -0.39 is 0 Å². The molecule has 0 amide bonds. The van der Waals surface area contributed by atoms with Crippen LogP contribution in [0.5, 0.6) is 0 Å². The predicted molar refractivity (Wildman–Crippen MR) is 144 cm³/mol. The molecule has 6 aromatic rings. The van der Waals surface area contributed by atoms with Crippen LogP contribution in [0.25, 0.3) is 39.2 Å². The summed E-state index contributed by atoms with van der Waals surface area (Å²) < 4.78 is 8.75. The van der Waals surface area contributed by atoms with Crippen LogP contribution in [0.15, 0.2) is 64.2 Å². The topological polar surface area (TPSA) is 120 Å². The Labute approximate surface area is 230 Å². The third kappa shape index (κ3) is 3.48. The van der Waals surface area contributed by atoms with Gasteiger partial charge in [0.25, 0.3) is 5.56 Å². The Hall–Kier alpha value is -4.28. The molecule has 0 spiro atoms. The normalized spacial score (nSPS) is 19.4. The third-order valence-corrected chi connectivity index (χ3v) is 8.03. The van der Waals surface area contributed by atoms with Crippen molar-refractivity contribution in [3.63, 3.8) is 0 Å². The molecule has 1 fully saturated rings. The number of nitrogens with zero attached hydrogens (tertiary/aromatic N) is 7. The number of aryl methyl sites for hydroxylation is 1. The van der Waals surface area contributed by atoms with E-state index in [1.165, 1.54) is 0 Å². The minimum Gasteiger partial charge on any atom is -0.356 e. The number of H-pyrrole nitrogens is 1. The van der Waals surface area contributed by atoms with Crippen molar-refractivity contribution < 1.29 is 4.52 Å². The van der Waals surface area contributed by atoms with Gasteiger partial charge >= 0.3 is 0 Å². The minimum absolute atomic E-state index is 0.147. The van der Waals surface area contributed by atoms with E-state index in [-0.39, 0.29) is 28.6 Å². The molecule has 0 bridgehead atoms. The molecule has 3 unspecified atom stereocenters. The van der Waals surface area contributed by atoms with E-state index in [9.17, 15) is 4.79 Å². The molecule has 4 aromatic heterocycles. The quantitative estimate of drug-likeness (QED) is 0.311. The number of aromatic nitrogens is 8. The lowest BCUT2D eigenvalue weighted by Crippen LogP contribution is -2.27. The zero-order valence-corrected chi connectivity index (χ0v) is 21.9. The summed E-state index contributed by atoms with van der Waals surface area (Å²) in [6.07, 6.45) is 4.34. The van der Waals surface area contributed by atoms with Crippen LogP contribution in [0.2, 0.25) is 10.2 Å². The first-order valence-corrected chi connectivity index (χ1v) is 13.1. The largest absolute Gasteiger partial charge is 0.356 e. The predicted octanol–water partition coefficient (Wildman–Crippen LogP) is 5.34. The van der Waals surface area contributed by atoms with E-state index in [1.807, 2.05) is 25.1 Å². The number of benzene rings is 2. The molecule has 1 N–H and O–H groups in total. The fraction of sp³-hybridized carbons (Fsp3) is 0.185. The molecule has 5 heterocycles. The Morgan fingerprint density at radius 3 is 2.87 bits per heavy atom. The van der Waals surface area contributed by atoms with Crippen molar-refractivity contribution in [3.05, 3.63) is 92.7 Å². The molecule has 12 heteroatoms. The van der Waals surface area contributed by atoms with E-state index in [4.69, 9.17) is 32.7 Å². The van der Waals surface area contributed by atoms with Gasteiger partial charge in [-0.1, -0.05) is 39.6 Å². The van der Waals surface area contributed by atoms with Crippen molar-refractivity contribution in [2.75, 3.05) is 0 Å². The molecular weight excluding hydrogens is 539 g/mol. The number of hydrogen-bond donors (Lipinski definition) is 1. The summed E-state index contributed by atoms with van der Waals surface area (Å²) in [7, 11) is 0. The van der Waals surface area contributed by atoms with Gasteiger partial charge in [-0.15, -0.1) is 5.10 Å². The van der Waals surface area contributed by atoms with Gasteiger partial charge in [-0.2, -0.15) is 0 Å². The van der Waals surface area contributed by atoms with E-state index in [0.717, 1.165) is 46.0 Å². The maximum Gasteiger partial charge on any atom is 0.254 e. The Bertz CT molecular complexity index is 2000. The van der Waals surface area contributed by atoms with Crippen LogP contribution in [-0.2, 0) is 0 Å². The highest BCUT2D eigenvalue weighted by Crippen LogP contribution is 2.59. The molecule has 1 aliphatic carbocycles. The number of aromatic amines is 1. The third-order valence-electron chi connectivity index (χ3n) is 7.62. The summed E-state index contributed by atoms with van der Waals surface area (Å²) in [5.41, 5.74) is 5.07. The first-order chi connectivity index (χ1) is 18.9. The van der Waals surface area contributed by atoms with Crippen molar-refractivity contribution >= 4 is 34.2 Å². The van der Waals surface area contributed by atoms with Crippen molar-refractivity contribution in [2.45, 2.75) is 25.3 Å². The lowest BCUT2D eigenvalue weighted by molar-refractivity contribution is 0.450. The van der Waals surface area contributed by atoms with Crippen molar-refractivity contribution in [3.8, 4) is 28.2 Å². The highest BCUT2D eigenvalue weighted by Gasteiger charge is 2.55. The molecule has 39 heavy (non-hydrogen) atoms. The molecule has 0 radical (unpaired) electrons. The highest BCUT2D eigenvalue weighted by atomic mass is 35.5. The van der Waals surface area contributed by atoms with Crippen LogP contribution in [0, 0.1) is 12.8 Å². The Morgan fingerprint density at radius 2 is 2.03 bits per heavy atom. The van der Waals surface area contributed by atoms with Gasteiger partial charge in [0, 0.05) is 33.5 Å². The van der Waals surface area contributed by atoms with Gasteiger partial charge in [0.1, 0.15) is 11.6 Å². The second kappa shape index (κ2) is 8.11. The van der Waals surface area contributed by atoms with Gasteiger partial charge in [-0.25, -0.2) is 14.6 Å². The average Bonchev–Trinajstić information content (AvgIpc) is 3.28. The van der Waals surface area contributed by atoms with E-state index in [2.05, 4.69) is 25.4 Å². The lowest BCUT2D eigenvalue weighted by Gasteiger charge is -2.17. The molecule has 1 saturated carbocycles. The first-order valence-electron chi connectivity index (χ1n) is 12.4. The van der Waals surface area contributed by atoms with Gasteiger partial charge in [0.05, 0.1) is 41.2 Å². The molecule has 10 nitrogen and oxygen atoms in total. The molecule has 1 aliphatic heterocycles. The lowest BCUT2D eigenvalue weighted by atomic mass is 10.1. The zero-order chi connectivity index (χ0) is 26.4. The van der Waals surface area contributed by atoms with E-state index in [0.29, 0.717) is 22.0 Å². The van der Waals surface area contributed by atoms with E-state index in [1.54, 1.807) is 45.9 Å². The van der Waals surface area contributed by atoms with Crippen LogP contribution >= 0.6 is 23.2 Å². The Balaban J connectivity index is 1.19. The number of rotatable bonds is 4.